The van der Waals surface area contributed by atoms with E-state index in [1.54, 1.807) is 30.0 Å². The lowest BCUT2D eigenvalue weighted by Crippen LogP contribution is -2.14. The first-order valence-corrected chi connectivity index (χ1v) is 6.81. The predicted octanol–water partition coefficient (Wildman–Crippen LogP) is 3.38. The van der Waals surface area contributed by atoms with Gasteiger partial charge in [0.25, 0.3) is 0 Å². The number of nitrogens with zero attached hydrogens (tertiary/aromatic N) is 2. The molecule has 1 aromatic heterocycles. The smallest absolute Gasteiger partial charge is 0.212 e. The molecule has 1 aromatic carbocycles. The molecule has 1 heterocycles. The lowest BCUT2D eigenvalue weighted by Gasteiger charge is -2.08. The monoisotopic (exact) mass is 312 g/mol. The van der Waals surface area contributed by atoms with Gasteiger partial charge in [-0.05, 0) is 18.6 Å². The molecule has 0 spiro atoms. The van der Waals surface area contributed by atoms with Crippen LogP contribution in [0.5, 0.6) is 0 Å². The molecule has 0 bridgehead atoms. The van der Waals surface area contributed by atoms with Gasteiger partial charge in [0, 0.05) is 17.7 Å². The second kappa shape index (κ2) is 6.39. The Hall–Kier alpha value is -1.36. The number of ether oxygens (including phenoxy) is 1. The Morgan fingerprint density at radius 3 is 2.75 bits per heavy atom. The van der Waals surface area contributed by atoms with E-state index < -0.39 is 0 Å². The first-order valence-electron chi connectivity index (χ1n) is 6.05. The van der Waals surface area contributed by atoms with Gasteiger partial charge in [-0.1, -0.05) is 35.3 Å². The van der Waals surface area contributed by atoms with Crippen molar-refractivity contribution in [3.63, 3.8) is 0 Å². The molecule has 0 atom stereocenters. The van der Waals surface area contributed by atoms with Crippen molar-refractivity contribution in [2.75, 3.05) is 13.7 Å². The van der Waals surface area contributed by atoms with Crippen molar-refractivity contribution in [1.29, 1.82) is 0 Å². The normalized spacial score (nSPS) is 10.8. The van der Waals surface area contributed by atoms with E-state index in [1.807, 2.05) is 6.92 Å². The second-order valence-corrected chi connectivity index (χ2v) is 5.16. The Bertz CT molecular complexity index is 638. The molecule has 6 heteroatoms. The maximum absolute atomic E-state index is 12.5. The molecule has 4 nitrogen and oxygen atoms in total. The Kier molecular flexibility index (Phi) is 4.81. The van der Waals surface area contributed by atoms with E-state index in [9.17, 15) is 4.79 Å². The van der Waals surface area contributed by atoms with Gasteiger partial charge < -0.3 is 4.74 Å². The first kappa shape index (κ1) is 15.0. The molecule has 0 unspecified atom stereocenters. The zero-order valence-corrected chi connectivity index (χ0v) is 12.7. The molecule has 0 saturated carbocycles. The highest BCUT2D eigenvalue weighted by atomic mass is 35.5. The van der Waals surface area contributed by atoms with Crippen molar-refractivity contribution in [2.24, 2.45) is 0 Å². The van der Waals surface area contributed by atoms with Gasteiger partial charge >= 0.3 is 0 Å². The summed E-state index contributed by atoms with van der Waals surface area (Å²) in [5.41, 5.74) is 1.76. The maximum atomic E-state index is 12.5. The molecule has 0 amide bonds. The number of rotatable bonds is 5. The highest BCUT2D eigenvalue weighted by Crippen LogP contribution is 2.22. The minimum atomic E-state index is -0.203. The van der Waals surface area contributed by atoms with Crippen LogP contribution in [0.3, 0.4) is 0 Å². The van der Waals surface area contributed by atoms with Crippen LogP contribution in [0.4, 0.5) is 0 Å². The molecule has 2 rings (SSSR count). The van der Waals surface area contributed by atoms with Crippen molar-refractivity contribution < 1.29 is 9.53 Å². The van der Waals surface area contributed by atoms with Gasteiger partial charge in [0.2, 0.25) is 5.78 Å². The van der Waals surface area contributed by atoms with Crippen molar-refractivity contribution in [3.8, 4) is 0 Å². The van der Waals surface area contributed by atoms with E-state index in [0.717, 1.165) is 5.56 Å². The van der Waals surface area contributed by atoms with Crippen molar-refractivity contribution in [2.45, 2.75) is 13.5 Å². The SMILES string of the molecule is COCCn1ncc(Cl)c1C(=O)c1ccc(C)c(Cl)c1. The highest BCUT2D eigenvalue weighted by Gasteiger charge is 2.19. The Labute approximate surface area is 127 Å². The van der Waals surface area contributed by atoms with Crippen LogP contribution in [0.2, 0.25) is 10.0 Å². The van der Waals surface area contributed by atoms with Crippen LogP contribution in [-0.4, -0.2) is 29.3 Å². The number of carbonyl (C=O) groups excluding carboxylic acids is 1. The quantitative estimate of drug-likeness (QED) is 0.795. The largest absolute Gasteiger partial charge is 0.383 e. The summed E-state index contributed by atoms with van der Waals surface area (Å²) in [6.45, 7) is 2.79. The fourth-order valence-corrected chi connectivity index (χ4v) is 2.21. The molecule has 2 aromatic rings. The number of aromatic nitrogens is 2. The summed E-state index contributed by atoms with van der Waals surface area (Å²) in [7, 11) is 1.59. The molecular weight excluding hydrogens is 299 g/mol. The van der Waals surface area contributed by atoms with Crippen molar-refractivity contribution >= 4 is 29.0 Å². The van der Waals surface area contributed by atoms with Gasteiger partial charge in [-0.3, -0.25) is 9.48 Å². The molecule has 0 N–H and O–H groups in total. The van der Waals surface area contributed by atoms with Gasteiger partial charge in [-0.15, -0.1) is 0 Å². The lowest BCUT2D eigenvalue weighted by molar-refractivity contribution is 0.102. The topological polar surface area (TPSA) is 44.1 Å². The van der Waals surface area contributed by atoms with Gasteiger partial charge in [0.15, 0.2) is 0 Å². The van der Waals surface area contributed by atoms with Crippen molar-refractivity contribution in [1.82, 2.24) is 9.78 Å². The third-order valence-corrected chi connectivity index (χ3v) is 3.63. The number of hydrogen-bond donors (Lipinski definition) is 0. The molecular formula is C14H14Cl2N2O2. The summed E-state index contributed by atoms with van der Waals surface area (Å²) in [4.78, 5) is 12.5. The fraction of sp³-hybridized carbons (Fsp3) is 0.286. The van der Waals surface area contributed by atoms with E-state index in [0.29, 0.717) is 34.5 Å². The number of aryl methyl sites for hydroxylation is 1. The Morgan fingerprint density at radius 2 is 2.10 bits per heavy atom. The molecule has 0 radical (unpaired) electrons. The fourth-order valence-electron chi connectivity index (χ4n) is 1.81. The van der Waals surface area contributed by atoms with Gasteiger partial charge in [0.05, 0.1) is 24.4 Å². The van der Waals surface area contributed by atoms with E-state index in [2.05, 4.69) is 5.10 Å². The minimum absolute atomic E-state index is 0.203. The van der Waals surface area contributed by atoms with Crippen LogP contribution < -0.4 is 0 Å². The Morgan fingerprint density at radius 1 is 1.35 bits per heavy atom. The summed E-state index contributed by atoms with van der Waals surface area (Å²) in [5, 5.41) is 4.96. The molecule has 0 aliphatic rings. The summed E-state index contributed by atoms with van der Waals surface area (Å²) < 4.78 is 6.54. The van der Waals surface area contributed by atoms with Gasteiger partial charge in [-0.25, -0.2) is 0 Å². The maximum Gasteiger partial charge on any atom is 0.212 e. The van der Waals surface area contributed by atoms with Crippen LogP contribution in [0.15, 0.2) is 24.4 Å². The minimum Gasteiger partial charge on any atom is -0.383 e. The summed E-state index contributed by atoms with van der Waals surface area (Å²) in [5.74, 6) is -0.203. The van der Waals surface area contributed by atoms with E-state index >= 15 is 0 Å². The Balaban J connectivity index is 2.37. The zero-order chi connectivity index (χ0) is 14.7. The van der Waals surface area contributed by atoms with Crippen LogP contribution in [-0.2, 0) is 11.3 Å². The summed E-state index contributed by atoms with van der Waals surface area (Å²) in [6, 6.07) is 5.18. The second-order valence-electron chi connectivity index (χ2n) is 4.35. The molecule has 0 saturated heterocycles. The van der Waals surface area contributed by atoms with E-state index in [1.165, 1.54) is 6.20 Å². The average Bonchev–Trinajstić information content (AvgIpc) is 2.80. The average molecular weight is 313 g/mol. The summed E-state index contributed by atoms with van der Waals surface area (Å²) in [6.07, 6.45) is 1.46. The molecule has 106 valence electrons. The highest BCUT2D eigenvalue weighted by molar-refractivity contribution is 6.35. The van der Waals surface area contributed by atoms with E-state index in [-0.39, 0.29) is 5.78 Å². The molecule has 0 aliphatic heterocycles. The third-order valence-electron chi connectivity index (χ3n) is 2.95. The third kappa shape index (κ3) is 3.03. The van der Waals surface area contributed by atoms with Gasteiger partial charge in [0.1, 0.15) is 5.69 Å². The van der Waals surface area contributed by atoms with E-state index in [4.69, 9.17) is 27.9 Å². The van der Waals surface area contributed by atoms with Crippen LogP contribution in [0.1, 0.15) is 21.6 Å². The number of benzene rings is 1. The summed E-state index contributed by atoms with van der Waals surface area (Å²) >= 11 is 12.1. The van der Waals surface area contributed by atoms with Crippen LogP contribution >= 0.6 is 23.2 Å². The number of methoxy groups -OCH3 is 1. The molecule has 0 aliphatic carbocycles. The number of hydrogen-bond acceptors (Lipinski definition) is 3. The molecule has 0 fully saturated rings. The number of halogens is 2. The molecule has 20 heavy (non-hydrogen) atoms. The van der Waals surface area contributed by atoms with Gasteiger partial charge in [-0.2, -0.15) is 5.10 Å². The van der Waals surface area contributed by atoms with Crippen LogP contribution in [0.25, 0.3) is 0 Å². The van der Waals surface area contributed by atoms with Crippen molar-refractivity contribution in [3.05, 3.63) is 51.3 Å². The number of carbonyl (C=O) groups is 1. The zero-order valence-electron chi connectivity index (χ0n) is 11.2. The standard InChI is InChI=1S/C14H14Cl2N2O2/c1-9-3-4-10(7-11(9)15)14(19)13-12(16)8-17-18(13)5-6-20-2/h3-4,7-8H,5-6H2,1-2H3. The first-order chi connectivity index (χ1) is 9.54. The number of ketones is 1. The predicted molar refractivity (Wildman–Crippen MR) is 78.7 cm³/mol. The van der Waals surface area contributed by atoms with Crippen LogP contribution in [0, 0.1) is 6.92 Å². The lowest BCUT2D eigenvalue weighted by atomic mass is 10.1.